The van der Waals surface area contributed by atoms with Gasteiger partial charge in [-0.05, 0) is 29.7 Å². The Hall–Kier alpha value is -2.61. The lowest BCUT2D eigenvalue weighted by Crippen LogP contribution is -2.28. The lowest BCUT2D eigenvalue weighted by Gasteiger charge is -2.11. The van der Waals surface area contributed by atoms with Gasteiger partial charge in [-0.2, -0.15) is 21.6 Å². The minimum atomic E-state index is -5.70. The van der Waals surface area contributed by atoms with Crippen LogP contribution in [0.3, 0.4) is 0 Å². The van der Waals surface area contributed by atoms with Crippen LogP contribution in [0.5, 0.6) is 5.75 Å². The molecule has 0 atom stereocenters. The molecule has 0 saturated heterocycles. The molecule has 3 rings (SSSR count). The first kappa shape index (κ1) is 16.3. The summed E-state index contributed by atoms with van der Waals surface area (Å²) in [7, 11) is -5.70. The van der Waals surface area contributed by atoms with Crippen LogP contribution in [-0.4, -0.2) is 18.9 Å². The van der Waals surface area contributed by atoms with Crippen molar-refractivity contribution in [3.05, 3.63) is 60.8 Å². The van der Waals surface area contributed by atoms with E-state index >= 15 is 0 Å². The number of rotatable bonds is 3. The zero-order valence-electron chi connectivity index (χ0n) is 12.0. The van der Waals surface area contributed by atoms with E-state index in [-0.39, 0.29) is 0 Å². The van der Waals surface area contributed by atoms with Gasteiger partial charge in [0, 0.05) is 17.1 Å². The van der Waals surface area contributed by atoms with E-state index in [1.54, 1.807) is 6.07 Å². The van der Waals surface area contributed by atoms with Gasteiger partial charge in [0.1, 0.15) is 5.75 Å². The van der Waals surface area contributed by atoms with Gasteiger partial charge in [0.05, 0.1) is 5.69 Å². The van der Waals surface area contributed by atoms with E-state index < -0.39 is 21.4 Å². The van der Waals surface area contributed by atoms with E-state index in [0.29, 0.717) is 16.5 Å². The summed E-state index contributed by atoms with van der Waals surface area (Å²) >= 11 is 0. The molecule has 0 radical (unpaired) electrons. The topological polar surface area (TPSA) is 56.3 Å². The van der Waals surface area contributed by atoms with Crippen LogP contribution in [-0.2, 0) is 10.1 Å². The van der Waals surface area contributed by atoms with Gasteiger partial charge in [-0.3, -0.25) is 4.98 Å². The Bertz CT molecular complexity index is 986. The monoisotopic (exact) mass is 353 g/mol. The quantitative estimate of drug-likeness (QED) is 0.525. The summed E-state index contributed by atoms with van der Waals surface area (Å²) in [5, 5.41) is 1.18. The fraction of sp³-hybridized carbons (Fsp3) is 0.0625. The summed E-state index contributed by atoms with van der Waals surface area (Å²) in [6.45, 7) is 0. The molecule has 4 nitrogen and oxygen atoms in total. The molecule has 0 spiro atoms. The summed E-state index contributed by atoms with van der Waals surface area (Å²) < 4.78 is 63.5. The van der Waals surface area contributed by atoms with Crippen LogP contribution in [0.2, 0.25) is 0 Å². The Kier molecular flexibility index (Phi) is 3.92. The Morgan fingerprint density at radius 1 is 0.958 bits per heavy atom. The van der Waals surface area contributed by atoms with Crippen LogP contribution >= 0.6 is 0 Å². The maximum Gasteiger partial charge on any atom is 0.534 e. The third-order valence-corrected chi connectivity index (χ3v) is 4.25. The number of hydrogen-bond donors (Lipinski definition) is 0. The Labute approximate surface area is 135 Å². The second kappa shape index (κ2) is 5.79. The van der Waals surface area contributed by atoms with E-state index in [0.717, 1.165) is 5.56 Å². The highest BCUT2D eigenvalue weighted by molar-refractivity contribution is 7.88. The van der Waals surface area contributed by atoms with Crippen molar-refractivity contribution >= 4 is 20.9 Å². The molecular formula is C16H10F3NO3S. The van der Waals surface area contributed by atoms with E-state index in [4.69, 9.17) is 0 Å². The summed E-state index contributed by atoms with van der Waals surface area (Å²) in [5.41, 5.74) is -4.01. The molecule has 24 heavy (non-hydrogen) atoms. The molecule has 3 aromatic rings. The first-order valence-corrected chi connectivity index (χ1v) is 8.14. The van der Waals surface area contributed by atoms with Crippen molar-refractivity contribution in [1.29, 1.82) is 0 Å². The number of alkyl halides is 3. The van der Waals surface area contributed by atoms with Crippen LogP contribution in [0.25, 0.3) is 22.0 Å². The van der Waals surface area contributed by atoms with Gasteiger partial charge in [0.25, 0.3) is 0 Å². The first-order chi connectivity index (χ1) is 11.3. The minimum absolute atomic E-state index is 0.412. The van der Waals surface area contributed by atoms with Gasteiger partial charge < -0.3 is 4.18 Å². The van der Waals surface area contributed by atoms with Gasteiger partial charge in [0.2, 0.25) is 0 Å². The number of halogens is 3. The van der Waals surface area contributed by atoms with Crippen molar-refractivity contribution in [3.8, 4) is 17.0 Å². The molecule has 0 saturated carbocycles. The Balaban J connectivity index is 2.05. The number of pyridine rings is 1. The van der Waals surface area contributed by atoms with E-state index in [2.05, 4.69) is 9.17 Å². The van der Waals surface area contributed by atoms with E-state index in [9.17, 15) is 21.6 Å². The minimum Gasteiger partial charge on any atom is -0.376 e. The fourth-order valence-electron chi connectivity index (χ4n) is 2.21. The highest BCUT2D eigenvalue weighted by Gasteiger charge is 2.48. The van der Waals surface area contributed by atoms with Gasteiger partial charge in [0.15, 0.2) is 0 Å². The van der Waals surface area contributed by atoms with Crippen LogP contribution < -0.4 is 4.18 Å². The zero-order chi connectivity index (χ0) is 17.4. The normalized spacial score (nSPS) is 12.3. The Morgan fingerprint density at radius 3 is 2.33 bits per heavy atom. The third-order valence-electron chi connectivity index (χ3n) is 3.27. The molecule has 2 aromatic carbocycles. The Morgan fingerprint density at radius 2 is 1.67 bits per heavy atom. The molecule has 0 aliphatic heterocycles. The maximum absolute atomic E-state index is 12.4. The van der Waals surface area contributed by atoms with Crippen LogP contribution in [0.1, 0.15) is 0 Å². The van der Waals surface area contributed by atoms with Crippen LogP contribution in [0.4, 0.5) is 13.2 Å². The largest absolute Gasteiger partial charge is 0.534 e. The highest BCUT2D eigenvalue weighted by atomic mass is 32.2. The molecule has 0 amide bonds. The first-order valence-electron chi connectivity index (χ1n) is 6.73. The van der Waals surface area contributed by atoms with Crippen molar-refractivity contribution in [1.82, 2.24) is 4.98 Å². The molecule has 0 aliphatic rings. The molecule has 1 aromatic heterocycles. The highest BCUT2D eigenvalue weighted by Crippen LogP contribution is 2.31. The van der Waals surface area contributed by atoms with Crippen molar-refractivity contribution in [2.24, 2.45) is 0 Å². The SMILES string of the molecule is O=S(=O)(Oc1ccc2c(-c3ccccc3)nccc2c1)C(F)(F)F. The van der Waals surface area contributed by atoms with Crippen molar-refractivity contribution in [2.45, 2.75) is 5.51 Å². The van der Waals surface area contributed by atoms with Crippen LogP contribution in [0, 0.1) is 0 Å². The average Bonchev–Trinajstić information content (AvgIpc) is 2.53. The number of hydrogen-bond acceptors (Lipinski definition) is 4. The molecule has 124 valence electrons. The molecule has 0 bridgehead atoms. The molecule has 0 fully saturated rings. The van der Waals surface area contributed by atoms with Crippen molar-refractivity contribution in [2.75, 3.05) is 0 Å². The van der Waals surface area contributed by atoms with Gasteiger partial charge in [-0.1, -0.05) is 30.3 Å². The standard InChI is InChI=1S/C16H10F3NO3S/c17-16(18,19)24(21,22)23-13-6-7-14-12(10-13)8-9-20-15(14)11-4-2-1-3-5-11/h1-10H. The van der Waals surface area contributed by atoms with Crippen molar-refractivity contribution < 1.29 is 25.8 Å². The second-order valence-electron chi connectivity index (χ2n) is 4.89. The second-order valence-corrected chi connectivity index (χ2v) is 6.43. The zero-order valence-corrected chi connectivity index (χ0v) is 12.8. The third kappa shape index (κ3) is 3.05. The molecular weight excluding hydrogens is 343 g/mol. The molecule has 0 N–H and O–H groups in total. The lowest BCUT2D eigenvalue weighted by molar-refractivity contribution is -0.0500. The van der Waals surface area contributed by atoms with Crippen LogP contribution in [0.15, 0.2) is 60.8 Å². The van der Waals surface area contributed by atoms with Crippen molar-refractivity contribution in [3.63, 3.8) is 0 Å². The predicted octanol–water partition coefficient (Wildman–Crippen LogP) is 4.13. The number of benzene rings is 2. The lowest BCUT2D eigenvalue weighted by atomic mass is 10.0. The number of fused-ring (bicyclic) bond motifs is 1. The predicted molar refractivity (Wildman–Crippen MR) is 82.8 cm³/mol. The van der Waals surface area contributed by atoms with Gasteiger partial charge in [-0.25, -0.2) is 0 Å². The smallest absolute Gasteiger partial charge is 0.376 e. The van der Waals surface area contributed by atoms with E-state index in [1.807, 2.05) is 30.3 Å². The maximum atomic E-state index is 12.4. The average molecular weight is 353 g/mol. The van der Waals surface area contributed by atoms with Gasteiger partial charge in [-0.15, -0.1) is 0 Å². The molecule has 0 unspecified atom stereocenters. The molecule has 1 heterocycles. The van der Waals surface area contributed by atoms with E-state index in [1.165, 1.54) is 24.4 Å². The fourth-order valence-corrected chi connectivity index (χ4v) is 2.66. The summed E-state index contributed by atoms with van der Waals surface area (Å²) in [4.78, 5) is 4.28. The van der Waals surface area contributed by atoms with Gasteiger partial charge >= 0.3 is 15.6 Å². The summed E-state index contributed by atoms with van der Waals surface area (Å²) in [6, 6.07) is 14.7. The number of aromatic nitrogens is 1. The summed E-state index contributed by atoms with van der Waals surface area (Å²) in [5.74, 6) is -0.412. The molecule has 8 heteroatoms. The number of nitrogens with zero attached hydrogens (tertiary/aromatic N) is 1. The molecule has 0 aliphatic carbocycles. The summed E-state index contributed by atoms with van der Waals surface area (Å²) in [6.07, 6.45) is 1.49.